The lowest BCUT2D eigenvalue weighted by molar-refractivity contribution is 0.0719. The molecule has 0 aliphatic rings. The lowest BCUT2D eigenvalue weighted by atomic mass is 10.1. The van der Waals surface area contributed by atoms with Crippen molar-refractivity contribution >= 4 is 15.9 Å². The third-order valence-electron chi connectivity index (χ3n) is 3.35. The summed E-state index contributed by atoms with van der Waals surface area (Å²) in [5, 5.41) is 9.13. The molecule has 0 aliphatic carbocycles. The highest BCUT2D eigenvalue weighted by molar-refractivity contribution is 7.89. The number of rotatable bonds is 8. The number of aliphatic hydroxyl groups excluding tert-OH is 1. The third kappa shape index (κ3) is 6.37. The van der Waals surface area contributed by atoms with E-state index in [1.807, 2.05) is 6.92 Å². The van der Waals surface area contributed by atoms with E-state index in [1.54, 1.807) is 20.8 Å². The number of hydrogen-bond donors (Lipinski definition) is 2. The lowest BCUT2D eigenvalue weighted by Crippen LogP contribution is -2.41. The smallest absolute Gasteiger partial charge is 0.253 e. The van der Waals surface area contributed by atoms with Gasteiger partial charge in [-0.2, -0.15) is 0 Å². The molecule has 0 aliphatic heterocycles. The number of unbranched alkanes of at least 4 members (excludes halogenated alkanes) is 1. The number of nitrogens with zero attached hydrogens (tertiary/aromatic N) is 1. The van der Waals surface area contributed by atoms with Crippen molar-refractivity contribution < 1.29 is 22.7 Å². The van der Waals surface area contributed by atoms with Gasteiger partial charge in [0, 0.05) is 24.2 Å². The molecule has 1 aromatic rings. The molecule has 0 unspecified atom stereocenters. The van der Waals surface area contributed by atoms with Gasteiger partial charge in [0.25, 0.3) is 5.91 Å². The molecule has 1 aromatic carbocycles. The number of hydrogen-bond acceptors (Lipinski definition) is 4. The molecule has 1 rings (SSSR count). The zero-order valence-electron chi connectivity index (χ0n) is 15.2. The Hall–Kier alpha value is -1.51. The Morgan fingerprint density at radius 3 is 2.44 bits per heavy atom. The Morgan fingerprint density at radius 2 is 1.92 bits per heavy atom. The average molecular weight is 374 g/mol. The van der Waals surface area contributed by atoms with E-state index in [1.165, 1.54) is 11.0 Å². The predicted molar refractivity (Wildman–Crippen MR) is 94.4 cm³/mol. The molecule has 0 atom stereocenters. The largest absolute Gasteiger partial charge is 0.395 e. The highest BCUT2D eigenvalue weighted by Gasteiger charge is 2.26. The molecule has 25 heavy (non-hydrogen) atoms. The van der Waals surface area contributed by atoms with Crippen molar-refractivity contribution in [1.29, 1.82) is 0 Å². The summed E-state index contributed by atoms with van der Waals surface area (Å²) in [6.07, 6.45) is 1.62. The Bertz CT molecular complexity index is 699. The predicted octanol–water partition coefficient (Wildman–Crippen LogP) is 2.14. The van der Waals surface area contributed by atoms with Gasteiger partial charge in [0.05, 0.1) is 6.61 Å². The molecule has 0 radical (unpaired) electrons. The Morgan fingerprint density at radius 1 is 1.28 bits per heavy atom. The van der Waals surface area contributed by atoms with Crippen molar-refractivity contribution in [3.63, 3.8) is 0 Å². The first-order chi connectivity index (χ1) is 11.5. The zero-order valence-corrected chi connectivity index (χ0v) is 16.0. The number of nitrogens with one attached hydrogen (secondary N) is 1. The summed E-state index contributed by atoms with van der Waals surface area (Å²) in [4.78, 5) is 13.5. The maximum atomic E-state index is 14.1. The molecule has 0 saturated carbocycles. The van der Waals surface area contributed by atoms with E-state index in [2.05, 4.69) is 4.72 Å². The fourth-order valence-electron chi connectivity index (χ4n) is 2.27. The van der Waals surface area contributed by atoms with Crippen LogP contribution in [0.5, 0.6) is 0 Å². The first-order valence-electron chi connectivity index (χ1n) is 8.25. The van der Waals surface area contributed by atoms with E-state index in [4.69, 9.17) is 5.11 Å². The minimum atomic E-state index is -4.10. The van der Waals surface area contributed by atoms with E-state index < -0.39 is 32.2 Å². The van der Waals surface area contributed by atoms with Crippen LogP contribution in [0, 0.1) is 5.82 Å². The van der Waals surface area contributed by atoms with Gasteiger partial charge in [0.15, 0.2) is 0 Å². The van der Waals surface area contributed by atoms with Crippen LogP contribution in [-0.2, 0) is 10.0 Å². The van der Waals surface area contributed by atoms with Gasteiger partial charge in [-0.05, 0) is 45.4 Å². The fourth-order valence-corrected chi connectivity index (χ4v) is 3.79. The van der Waals surface area contributed by atoms with Crippen molar-refractivity contribution in [3.8, 4) is 0 Å². The van der Waals surface area contributed by atoms with E-state index in [0.717, 1.165) is 25.0 Å². The minimum absolute atomic E-state index is 0.0697. The Labute approximate surface area is 149 Å². The first kappa shape index (κ1) is 21.5. The molecule has 142 valence electrons. The first-order valence-corrected chi connectivity index (χ1v) is 9.74. The Balaban J connectivity index is 3.21. The van der Waals surface area contributed by atoms with Crippen molar-refractivity contribution in [3.05, 3.63) is 29.6 Å². The standard InChI is InChI=1S/C17H27FN2O4S/c1-5-6-9-20(10-11-21)16(22)13-7-8-14(18)15(12-13)25(23,24)19-17(2,3)4/h7-8,12,19,21H,5-6,9-11H2,1-4H3. The van der Waals surface area contributed by atoms with Crippen LogP contribution in [-0.4, -0.2) is 49.6 Å². The minimum Gasteiger partial charge on any atom is -0.395 e. The summed E-state index contributed by atoms with van der Waals surface area (Å²) in [5.74, 6) is -1.36. The van der Waals surface area contributed by atoms with Crippen molar-refractivity contribution in [2.45, 2.75) is 51.0 Å². The summed E-state index contributed by atoms with van der Waals surface area (Å²) in [6.45, 7) is 7.28. The second-order valence-corrected chi connectivity index (χ2v) is 8.52. The topological polar surface area (TPSA) is 86.7 Å². The molecular formula is C17H27FN2O4S. The summed E-state index contributed by atoms with van der Waals surface area (Å²) in [6, 6.07) is 3.27. The van der Waals surface area contributed by atoms with Crippen LogP contribution in [0.4, 0.5) is 4.39 Å². The van der Waals surface area contributed by atoms with E-state index in [0.29, 0.717) is 6.54 Å². The van der Waals surface area contributed by atoms with Gasteiger partial charge >= 0.3 is 0 Å². The molecule has 0 saturated heterocycles. The molecule has 0 fully saturated rings. The maximum Gasteiger partial charge on any atom is 0.253 e. The average Bonchev–Trinajstić information content (AvgIpc) is 2.48. The number of carbonyl (C=O) groups is 1. The van der Waals surface area contributed by atoms with Crippen LogP contribution >= 0.6 is 0 Å². The number of sulfonamides is 1. The zero-order chi connectivity index (χ0) is 19.3. The van der Waals surface area contributed by atoms with Crippen molar-refractivity contribution in [1.82, 2.24) is 9.62 Å². The van der Waals surface area contributed by atoms with Crippen LogP contribution in [0.25, 0.3) is 0 Å². The highest BCUT2D eigenvalue weighted by Crippen LogP contribution is 2.20. The van der Waals surface area contributed by atoms with E-state index >= 15 is 0 Å². The molecule has 0 aromatic heterocycles. The molecule has 0 spiro atoms. The summed E-state index contributed by atoms with van der Waals surface area (Å²) in [7, 11) is -4.10. The van der Waals surface area contributed by atoms with Gasteiger partial charge < -0.3 is 10.0 Å². The molecule has 2 N–H and O–H groups in total. The number of amides is 1. The quantitative estimate of drug-likeness (QED) is 0.730. The van der Waals surface area contributed by atoms with Gasteiger partial charge in [-0.3, -0.25) is 4.79 Å². The van der Waals surface area contributed by atoms with E-state index in [9.17, 15) is 17.6 Å². The van der Waals surface area contributed by atoms with Crippen LogP contribution in [0.2, 0.25) is 0 Å². The van der Waals surface area contributed by atoms with E-state index in [-0.39, 0.29) is 18.7 Å². The third-order valence-corrected chi connectivity index (χ3v) is 5.12. The van der Waals surface area contributed by atoms with Crippen LogP contribution in [0.1, 0.15) is 50.9 Å². The number of carbonyl (C=O) groups excluding carboxylic acids is 1. The van der Waals surface area contributed by atoms with Gasteiger partial charge in [0.2, 0.25) is 10.0 Å². The summed E-state index contributed by atoms with van der Waals surface area (Å²) < 4.78 is 41.2. The molecule has 0 bridgehead atoms. The van der Waals surface area contributed by atoms with Gasteiger partial charge in [0.1, 0.15) is 10.7 Å². The molecule has 8 heteroatoms. The second-order valence-electron chi connectivity index (χ2n) is 6.87. The SMILES string of the molecule is CCCCN(CCO)C(=O)c1ccc(F)c(S(=O)(=O)NC(C)(C)C)c1. The normalized spacial score (nSPS) is 12.2. The lowest BCUT2D eigenvalue weighted by Gasteiger charge is -2.23. The van der Waals surface area contributed by atoms with Crippen molar-refractivity contribution in [2.24, 2.45) is 0 Å². The monoisotopic (exact) mass is 374 g/mol. The van der Waals surface area contributed by atoms with Crippen LogP contribution in [0.3, 0.4) is 0 Å². The summed E-state index contributed by atoms with van der Waals surface area (Å²) in [5.41, 5.74) is -0.713. The van der Waals surface area contributed by atoms with Gasteiger partial charge in [-0.25, -0.2) is 17.5 Å². The van der Waals surface area contributed by atoms with Crippen LogP contribution < -0.4 is 4.72 Å². The second kappa shape index (κ2) is 8.73. The molecule has 1 amide bonds. The molecule has 6 nitrogen and oxygen atoms in total. The highest BCUT2D eigenvalue weighted by atomic mass is 32.2. The maximum absolute atomic E-state index is 14.1. The Kier molecular flexibility index (Phi) is 7.52. The van der Waals surface area contributed by atoms with Crippen LogP contribution in [0.15, 0.2) is 23.1 Å². The van der Waals surface area contributed by atoms with Gasteiger partial charge in [-0.15, -0.1) is 0 Å². The van der Waals surface area contributed by atoms with Gasteiger partial charge in [-0.1, -0.05) is 13.3 Å². The van der Waals surface area contributed by atoms with Crippen molar-refractivity contribution in [2.75, 3.05) is 19.7 Å². The fraction of sp³-hybridized carbons (Fsp3) is 0.588. The summed E-state index contributed by atoms with van der Waals surface area (Å²) >= 11 is 0. The molecule has 0 heterocycles. The number of aliphatic hydroxyl groups is 1. The number of benzene rings is 1. The molecular weight excluding hydrogens is 347 g/mol. The number of halogens is 1.